The molecule has 11 heteroatoms. The Morgan fingerprint density at radius 2 is 1.71 bits per heavy atom. The molecule has 2 aliphatic rings. The molecule has 0 spiro atoms. The maximum absolute atomic E-state index is 11.2. The highest BCUT2D eigenvalue weighted by Crippen LogP contribution is 2.45. The van der Waals surface area contributed by atoms with Crippen LogP contribution in [0.3, 0.4) is 0 Å². The second kappa shape index (κ2) is 9.02. The fourth-order valence-electron chi connectivity index (χ4n) is 6.80. The van der Waals surface area contributed by atoms with Crippen molar-refractivity contribution in [2.45, 2.75) is 49.2 Å². The molecule has 4 aromatic carbocycles. The van der Waals surface area contributed by atoms with Crippen LogP contribution in [0.2, 0.25) is 0 Å². The molecule has 7 N–H and O–H groups in total. The Morgan fingerprint density at radius 1 is 0.927 bits per heavy atom. The molecule has 2 aromatic heterocycles. The molecular weight excluding hydrogens is 524 g/mol. The number of hydrogen-bond acceptors (Lipinski definition) is 10. The van der Waals surface area contributed by atoms with Crippen molar-refractivity contribution in [1.82, 2.24) is 24.8 Å². The van der Waals surface area contributed by atoms with E-state index in [4.69, 9.17) is 10.5 Å². The first-order valence-electron chi connectivity index (χ1n) is 13.6. The molecule has 0 amide bonds. The van der Waals surface area contributed by atoms with E-state index in [1.807, 2.05) is 30.3 Å². The lowest BCUT2D eigenvalue weighted by molar-refractivity contribution is -0.0874. The number of anilines is 1. The fourth-order valence-corrected chi connectivity index (χ4v) is 6.80. The Hall–Kier alpha value is -3.97. The van der Waals surface area contributed by atoms with Gasteiger partial charge in [-0.25, -0.2) is 15.0 Å². The summed E-state index contributed by atoms with van der Waals surface area (Å²) in [6.07, 6.45) is -2.63. The molecule has 1 aliphatic heterocycles. The highest BCUT2D eigenvalue weighted by atomic mass is 16.5. The van der Waals surface area contributed by atoms with Crippen molar-refractivity contribution in [2.24, 2.45) is 0 Å². The third-order valence-electron chi connectivity index (χ3n) is 8.81. The van der Waals surface area contributed by atoms with E-state index < -0.39 is 42.8 Å². The molecule has 8 rings (SSSR count). The molecule has 1 saturated heterocycles. The Bertz CT molecular complexity index is 1930. The van der Waals surface area contributed by atoms with Gasteiger partial charge in [0.2, 0.25) is 0 Å². The summed E-state index contributed by atoms with van der Waals surface area (Å²) in [7, 11) is 0. The SMILES string of the molecule is Nc1ncnc2c1ncn2[C@H]1C[C@H](O)[C@@H](CN[C@H]2c3c(cc4ccc5cccc6ccc3c4c56)[C@@H](O)[C@H](O)[C@@H]2O)O1. The maximum Gasteiger partial charge on any atom is 0.167 e. The van der Waals surface area contributed by atoms with Crippen LogP contribution in [-0.2, 0) is 4.74 Å². The number of nitrogens with zero attached hydrogens (tertiary/aromatic N) is 4. The minimum Gasteiger partial charge on any atom is -0.390 e. The number of hydrogen-bond donors (Lipinski definition) is 6. The summed E-state index contributed by atoms with van der Waals surface area (Å²) in [5.41, 5.74) is 8.21. The highest BCUT2D eigenvalue weighted by Gasteiger charge is 2.43. The number of aliphatic hydroxyl groups excluding tert-OH is 4. The van der Waals surface area contributed by atoms with Gasteiger partial charge < -0.3 is 36.2 Å². The number of imidazole rings is 1. The highest BCUT2D eigenvalue weighted by molar-refractivity contribution is 6.23. The van der Waals surface area contributed by atoms with Gasteiger partial charge in [0.1, 0.15) is 36.4 Å². The average Bonchev–Trinajstić information content (AvgIpc) is 3.58. The van der Waals surface area contributed by atoms with Crippen LogP contribution >= 0.6 is 0 Å². The number of benzene rings is 4. The summed E-state index contributed by atoms with van der Waals surface area (Å²) >= 11 is 0. The Morgan fingerprint density at radius 3 is 2.54 bits per heavy atom. The lowest BCUT2D eigenvalue weighted by Gasteiger charge is -2.39. The largest absolute Gasteiger partial charge is 0.390 e. The molecule has 7 atom stereocenters. The molecule has 0 saturated carbocycles. The van der Waals surface area contributed by atoms with Crippen molar-refractivity contribution < 1.29 is 25.2 Å². The van der Waals surface area contributed by atoms with Crippen molar-refractivity contribution in [3.63, 3.8) is 0 Å². The number of aromatic nitrogens is 4. The Balaban J connectivity index is 1.15. The number of nitrogens with two attached hydrogens (primary N) is 1. The Kier molecular flexibility index (Phi) is 5.45. The van der Waals surface area contributed by atoms with E-state index in [-0.39, 0.29) is 12.4 Å². The molecular formula is C30H28N6O5. The number of ether oxygens (including phenoxy) is 1. The number of fused-ring (bicyclic) bond motifs is 3. The molecule has 11 nitrogen and oxygen atoms in total. The third-order valence-corrected chi connectivity index (χ3v) is 8.81. The summed E-state index contributed by atoms with van der Waals surface area (Å²) in [5, 5.41) is 53.6. The topological polar surface area (TPSA) is 172 Å². The first kappa shape index (κ1) is 24.8. The first-order chi connectivity index (χ1) is 19.9. The Labute approximate surface area is 233 Å². The van der Waals surface area contributed by atoms with Crippen LogP contribution in [0.5, 0.6) is 0 Å². The summed E-state index contributed by atoms with van der Waals surface area (Å²) in [6.45, 7) is 0.188. The van der Waals surface area contributed by atoms with Crippen LogP contribution in [0.4, 0.5) is 5.82 Å². The first-order valence-corrected chi connectivity index (χ1v) is 13.6. The summed E-state index contributed by atoms with van der Waals surface area (Å²) in [6, 6.07) is 15.5. The van der Waals surface area contributed by atoms with Gasteiger partial charge in [-0.2, -0.15) is 0 Å². The van der Waals surface area contributed by atoms with Crippen molar-refractivity contribution in [1.29, 1.82) is 0 Å². The average molecular weight is 553 g/mol. The monoisotopic (exact) mass is 552 g/mol. The van der Waals surface area contributed by atoms with E-state index in [9.17, 15) is 20.4 Å². The van der Waals surface area contributed by atoms with Gasteiger partial charge in [-0.3, -0.25) is 4.57 Å². The quantitative estimate of drug-likeness (QED) is 0.178. The van der Waals surface area contributed by atoms with E-state index in [0.717, 1.165) is 37.9 Å². The normalized spacial score (nSPS) is 28.3. The fraction of sp³-hybridized carbons (Fsp3) is 0.300. The van der Waals surface area contributed by atoms with Gasteiger partial charge in [0.05, 0.1) is 24.6 Å². The number of aliphatic hydroxyl groups is 4. The second-order valence-electron chi connectivity index (χ2n) is 11.1. The van der Waals surface area contributed by atoms with E-state index in [2.05, 4.69) is 38.5 Å². The maximum atomic E-state index is 11.2. The zero-order chi connectivity index (χ0) is 28.0. The number of rotatable bonds is 4. The van der Waals surface area contributed by atoms with Crippen molar-refractivity contribution in [2.75, 3.05) is 12.3 Å². The van der Waals surface area contributed by atoms with Crippen LogP contribution < -0.4 is 11.1 Å². The minimum absolute atomic E-state index is 0.188. The van der Waals surface area contributed by atoms with Crippen molar-refractivity contribution in [3.8, 4) is 0 Å². The van der Waals surface area contributed by atoms with Crippen LogP contribution in [0.1, 0.15) is 35.9 Å². The second-order valence-corrected chi connectivity index (χ2v) is 11.1. The van der Waals surface area contributed by atoms with E-state index >= 15 is 0 Å². The molecule has 0 unspecified atom stereocenters. The van der Waals surface area contributed by atoms with Gasteiger partial charge in [-0.05, 0) is 49.5 Å². The van der Waals surface area contributed by atoms with E-state index in [1.165, 1.54) is 6.33 Å². The molecule has 1 aliphatic carbocycles. The molecule has 41 heavy (non-hydrogen) atoms. The zero-order valence-corrected chi connectivity index (χ0v) is 21.8. The summed E-state index contributed by atoms with van der Waals surface area (Å²) < 4.78 is 7.95. The predicted molar refractivity (Wildman–Crippen MR) is 152 cm³/mol. The predicted octanol–water partition coefficient (Wildman–Crippen LogP) is 2.05. The summed E-state index contributed by atoms with van der Waals surface area (Å²) in [5.74, 6) is 0.265. The molecule has 0 radical (unpaired) electrons. The zero-order valence-electron chi connectivity index (χ0n) is 21.8. The number of nitrogen functional groups attached to an aromatic ring is 1. The van der Waals surface area contributed by atoms with Crippen LogP contribution in [-0.4, -0.2) is 70.9 Å². The van der Waals surface area contributed by atoms with Crippen LogP contribution in [0.15, 0.2) is 61.2 Å². The molecule has 208 valence electrons. The molecule has 6 aromatic rings. The van der Waals surface area contributed by atoms with Gasteiger partial charge in [0, 0.05) is 13.0 Å². The lowest BCUT2D eigenvalue weighted by Crippen LogP contribution is -2.49. The van der Waals surface area contributed by atoms with Crippen molar-refractivity contribution >= 4 is 49.3 Å². The standard InChI is InChI=1S/C30H28N6O5/c31-29-25-30(34-11-33-29)36(12-35-25)20-9-18(37)19(41-20)10-32-24-23-16-7-6-14-3-1-2-13-4-5-15(22(16)21(13)14)8-17(23)26(38)28(40)27(24)39/h1-8,11-12,18-20,24,26-28,32,37-40H,9-10H2,(H2,31,33,34)/t18-,19+,20+,24-,26+,27+,28-/m0/s1. The van der Waals surface area contributed by atoms with Crippen molar-refractivity contribution in [3.05, 3.63) is 72.3 Å². The van der Waals surface area contributed by atoms with E-state index in [1.54, 1.807) is 10.9 Å². The van der Waals surface area contributed by atoms with E-state index in [0.29, 0.717) is 23.1 Å². The smallest absolute Gasteiger partial charge is 0.167 e. The lowest BCUT2D eigenvalue weighted by atomic mass is 9.77. The minimum atomic E-state index is -1.39. The van der Waals surface area contributed by atoms with Crippen LogP contribution in [0.25, 0.3) is 43.5 Å². The van der Waals surface area contributed by atoms with Gasteiger partial charge >= 0.3 is 0 Å². The van der Waals surface area contributed by atoms with Gasteiger partial charge in [0.15, 0.2) is 11.5 Å². The third kappa shape index (κ3) is 3.58. The van der Waals surface area contributed by atoms with Gasteiger partial charge in [-0.15, -0.1) is 0 Å². The molecule has 0 bridgehead atoms. The molecule has 3 heterocycles. The summed E-state index contributed by atoms with van der Waals surface area (Å²) in [4.78, 5) is 12.5. The van der Waals surface area contributed by atoms with Crippen LogP contribution in [0, 0.1) is 0 Å². The van der Waals surface area contributed by atoms with Gasteiger partial charge in [0.25, 0.3) is 0 Å². The molecule has 1 fully saturated rings. The number of nitrogens with one attached hydrogen (secondary N) is 1. The van der Waals surface area contributed by atoms with Gasteiger partial charge in [-0.1, -0.05) is 42.5 Å².